The highest BCUT2D eigenvalue weighted by atomic mass is 35.5. The van der Waals surface area contributed by atoms with E-state index >= 15 is 0 Å². The number of rotatable bonds is 6. The van der Waals surface area contributed by atoms with Crippen LogP contribution in [-0.2, 0) is 24.8 Å². The summed E-state index contributed by atoms with van der Waals surface area (Å²) in [6.07, 6.45) is 0. The zero-order valence-electron chi connectivity index (χ0n) is 15.9. The molecule has 1 saturated heterocycles. The monoisotopic (exact) mass is 492 g/mol. The molecule has 1 aliphatic rings. The third kappa shape index (κ3) is 4.22. The van der Waals surface area contributed by atoms with Gasteiger partial charge in [-0.25, -0.2) is 21.1 Å². The number of nitrogens with zero attached hydrogens (tertiary/aromatic N) is 1. The van der Waals surface area contributed by atoms with Crippen molar-refractivity contribution in [1.82, 2.24) is 0 Å². The number of hydrogen-bond donors (Lipinski definition) is 1. The first-order chi connectivity index (χ1) is 14.0. The molecule has 0 aliphatic carbocycles. The van der Waals surface area contributed by atoms with E-state index in [2.05, 4.69) is 4.72 Å². The Morgan fingerprint density at radius 2 is 1.93 bits per heavy atom. The van der Waals surface area contributed by atoms with Crippen LogP contribution < -0.4 is 13.8 Å². The number of amides is 1. The number of ether oxygens (including phenoxy) is 1. The molecule has 12 heteroatoms. The van der Waals surface area contributed by atoms with Crippen molar-refractivity contribution in [3.63, 3.8) is 0 Å². The molecule has 1 aliphatic heterocycles. The van der Waals surface area contributed by atoms with Crippen LogP contribution in [0.2, 0.25) is 10.0 Å². The molecule has 2 aromatic rings. The van der Waals surface area contributed by atoms with Crippen LogP contribution >= 0.6 is 23.2 Å². The molecule has 30 heavy (non-hydrogen) atoms. The van der Waals surface area contributed by atoms with Crippen molar-refractivity contribution in [3.8, 4) is 5.75 Å². The van der Waals surface area contributed by atoms with Gasteiger partial charge in [-0.1, -0.05) is 36.2 Å². The van der Waals surface area contributed by atoms with Crippen molar-refractivity contribution in [2.45, 2.75) is 18.7 Å². The van der Waals surface area contributed by atoms with Gasteiger partial charge in [0.25, 0.3) is 10.0 Å². The molecule has 0 spiro atoms. The van der Waals surface area contributed by atoms with Gasteiger partial charge in [-0.3, -0.25) is 9.52 Å². The molecule has 1 atom stereocenters. The second kappa shape index (κ2) is 8.26. The molecular weight excluding hydrogens is 475 g/mol. The maximum atomic E-state index is 13.1. The van der Waals surface area contributed by atoms with Gasteiger partial charge in [-0.05, 0) is 37.3 Å². The van der Waals surface area contributed by atoms with Crippen molar-refractivity contribution < 1.29 is 26.4 Å². The Morgan fingerprint density at radius 1 is 1.23 bits per heavy atom. The number of carbonyl (C=O) groups is 1. The maximum Gasteiger partial charge on any atom is 0.265 e. The van der Waals surface area contributed by atoms with E-state index in [4.69, 9.17) is 27.9 Å². The van der Waals surface area contributed by atoms with Gasteiger partial charge < -0.3 is 4.74 Å². The molecule has 162 valence electrons. The van der Waals surface area contributed by atoms with E-state index in [1.54, 1.807) is 6.92 Å². The van der Waals surface area contributed by atoms with Crippen molar-refractivity contribution in [2.24, 2.45) is 5.92 Å². The minimum Gasteiger partial charge on any atom is -0.492 e. The van der Waals surface area contributed by atoms with Crippen LogP contribution in [0.1, 0.15) is 13.8 Å². The zero-order valence-corrected chi connectivity index (χ0v) is 19.1. The highest BCUT2D eigenvalue weighted by Gasteiger charge is 2.42. The van der Waals surface area contributed by atoms with Crippen molar-refractivity contribution in [3.05, 3.63) is 46.4 Å². The van der Waals surface area contributed by atoms with Crippen molar-refractivity contribution in [1.29, 1.82) is 0 Å². The number of benzene rings is 2. The van der Waals surface area contributed by atoms with E-state index in [1.165, 1.54) is 37.3 Å². The maximum absolute atomic E-state index is 13.1. The highest BCUT2D eigenvalue weighted by Crippen LogP contribution is 2.36. The summed E-state index contributed by atoms with van der Waals surface area (Å²) in [5, 5.41) is 0.154. The lowest BCUT2D eigenvalue weighted by atomic mass is 10.2. The lowest BCUT2D eigenvalue weighted by molar-refractivity contribution is -0.119. The van der Waals surface area contributed by atoms with Gasteiger partial charge in [0.2, 0.25) is 15.9 Å². The average molecular weight is 493 g/mol. The Labute approximate surface area is 184 Å². The van der Waals surface area contributed by atoms with Gasteiger partial charge in [0.15, 0.2) is 0 Å². The summed E-state index contributed by atoms with van der Waals surface area (Å²) in [6.45, 7) is 3.33. The molecule has 0 aromatic heterocycles. The number of hydrogen-bond acceptors (Lipinski definition) is 6. The van der Waals surface area contributed by atoms with Crippen LogP contribution in [0, 0.1) is 5.92 Å². The first-order valence-electron chi connectivity index (χ1n) is 8.78. The molecule has 3 rings (SSSR count). The Balaban J connectivity index is 2.11. The SMILES string of the molecule is CCOc1ccc(N2C(=O)C(C)CS2(=O)=O)cc1S(=O)(=O)Nc1cccc(Cl)c1Cl. The molecule has 1 unspecified atom stereocenters. The minimum atomic E-state index is -4.28. The number of sulfonamides is 2. The van der Waals surface area contributed by atoms with Gasteiger partial charge in [0.05, 0.1) is 39.7 Å². The van der Waals surface area contributed by atoms with Crippen LogP contribution in [-0.4, -0.2) is 35.1 Å². The second-order valence-electron chi connectivity index (χ2n) is 6.55. The normalized spacial score (nSPS) is 18.5. The Kier molecular flexibility index (Phi) is 6.24. The number of anilines is 2. The fourth-order valence-electron chi connectivity index (χ4n) is 2.98. The lowest BCUT2D eigenvalue weighted by Crippen LogP contribution is -2.30. The Morgan fingerprint density at radius 3 is 2.53 bits per heavy atom. The quantitative estimate of drug-likeness (QED) is 0.660. The van der Waals surface area contributed by atoms with E-state index in [-0.39, 0.29) is 44.4 Å². The summed E-state index contributed by atoms with van der Waals surface area (Å²) >= 11 is 12.0. The number of nitrogens with one attached hydrogen (secondary N) is 1. The molecule has 0 bridgehead atoms. The summed E-state index contributed by atoms with van der Waals surface area (Å²) in [5.74, 6) is -1.72. The third-order valence-electron chi connectivity index (χ3n) is 4.31. The van der Waals surface area contributed by atoms with E-state index in [0.717, 1.165) is 6.07 Å². The highest BCUT2D eigenvalue weighted by molar-refractivity contribution is 7.94. The molecule has 2 aromatic carbocycles. The minimum absolute atomic E-state index is 0.00276. The summed E-state index contributed by atoms with van der Waals surface area (Å²) in [5.41, 5.74) is -0.0547. The standard InChI is InChI=1S/C18H18Cl2N2O6S2/c1-3-28-15-8-7-12(22-18(23)11(2)10-29(22,24)25)9-16(15)30(26,27)21-14-6-4-5-13(19)17(14)20/h4-9,11,21H,3,10H2,1-2H3. The second-order valence-corrected chi connectivity index (χ2v) is 10.9. The first-order valence-corrected chi connectivity index (χ1v) is 12.6. The average Bonchev–Trinajstić information content (AvgIpc) is 2.86. The predicted octanol–water partition coefficient (Wildman–Crippen LogP) is 3.51. The summed E-state index contributed by atoms with van der Waals surface area (Å²) < 4.78 is 59.3. The van der Waals surface area contributed by atoms with Crippen molar-refractivity contribution >= 4 is 60.5 Å². The van der Waals surface area contributed by atoms with Gasteiger partial charge in [0, 0.05) is 0 Å². The molecule has 0 saturated carbocycles. The van der Waals surface area contributed by atoms with Gasteiger partial charge >= 0.3 is 0 Å². The number of carbonyl (C=O) groups excluding carboxylic acids is 1. The van der Waals surface area contributed by atoms with E-state index in [1.807, 2.05) is 0 Å². The smallest absolute Gasteiger partial charge is 0.265 e. The van der Waals surface area contributed by atoms with Gasteiger partial charge in [-0.15, -0.1) is 0 Å². The molecule has 1 amide bonds. The Bertz CT molecular complexity index is 1220. The Hall–Kier alpha value is -2.01. The molecular formula is C18H18Cl2N2O6S2. The molecule has 8 nitrogen and oxygen atoms in total. The fraction of sp³-hybridized carbons (Fsp3) is 0.278. The molecule has 1 N–H and O–H groups in total. The predicted molar refractivity (Wildman–Crippen MR) is 115 cm³/mol. The van der Waals surface area contributed by atoms with Crippen LogP contribution in [0.25, 0.3) is 0 Å². The molecule has 1 fully saturated rings. The first kappa shape index (κ1) is 22.7. The van der Waals surface area contributed by atoms with Crippen LogP contribution in [0.4, 0.5) is 11.4 Å². The van der Waals surface area contributed by atoms with Crippen LogP contribution in [0.5, 0.6) is 5.75 Å². The largest absolute Gasteiger partial charge is 0.492 e. The number of halogens is 2. The van der Waals surface area contributed by atoms with Gasteiger partial charge in [-0.2, -0.15) is 0 Å². The van der Waals surface area contributed by atoms with Gasteiger partial charge in [0.1, 0.15) is 10.6 Å². The van der Waals surface area contributed by atoms with Crippen LogP contribution in [0.15, 0.2) is 41.3 Å². The topological polar surface area (TPSA) is 110 Å². The molecule has 1 heterocycles. The fourth-order valence-corrected chi connectivity index (χ4v) is 6.43. The molecule has 0 radical (unpaired) electrons. The summed E-state index contributed by atoms with van der Waals surface area (Å²) in [6, 6.07) is 8.15. The van der Waals surface area contributed by atoms with Crippen LogP contribution in [0.3, 0.4) is 0 Å². The summed E-state index contributed by atoms with van der Waals surface area (Å²) in [7, 11) is -8.18. The van der Waals surface area contributed by atoms with E-state index in [0.29, 0.717) is 4.31 Å². The van der Waals surface area contributed by atoms with Crippen molar-refractivity contribution in [2.75, 3.05) is 21.4 Å². The van der Waals surface area contributed by atoms with E-state index < -0.39 is 31.9 Å². The third-order valence-corrected chi connectivity index (χ3v) is 8.38. The summed E-state index contributed by atoms with van der Waals surface area (Å²) in [4.78, 5) is 12.0. The zero-order chi connectivity index (χ0) is 22.3. The lowest BCUT2D eigenvalue weighted by Gasteiger charge is -2.19. The van der Waals surface area contributed by atoms with E-state index in [9.17, 15) is 21.6 Å².